The molecule has 0 fully saturated rings. The van der Waals surface area contributed by atoms with Crippen LogP contribution in [-0.4, -0.2) is 30.5 Å². The molecule has 2 amide bonds. The Balaban J connectivity index is 1.18. The summed E-state index contributed by atoms with van der Waals surface area (Å²) in [6.07, 6.45) is 2.40. The molecule has 0 saturated carbocycles. The molecule has 5 aromatic rings. The predicted octanol–water partition coefficient (Wildman–Crippen LogP) is 5.28. The number of pyridine rings is 1. The van der Waals surface area contributed by atoms with Crippen LogP contribution in [0.15, 0.2) is 102 Å². The largest absolute Gasteiger partial charge is 0.492 e. The molecular weight excluding hydrogens is 496 g/mol. The first-order chi connectivity index (χ1) is 19.1. The number of furan rings is 1. The second-order valence-corrected chi connectivity index (χ2v) is 8.58. The summed E-state index contributed by atoms with van der Waals surface area (Å²) in [5.74, 6) is 1.22. The van der Waals surface area contributed by atoms with E-state index in [2.05, 4.69) is 10.3 Å². The van der Waals surface area contributed by atoms with Crippen LogP contribution in [0, 0.1) is 0 Å². The van der Waals surface area contributed by atoms with E-state index in [0.717, 1.165) is 11.1 Å². The Hall–Kier alpha value is -5.31. The molecule has 0 bridgehead atoms. The third-order valence-electron chi connectivity index (χ3n) is 5.93. The highest BCUT2D eigenvalue weighted by molar-refractivity contribution is 6.05. The summed E-state index contributed by atoms with van der Waals surface area (Å²) in [5, 5.41) is 3.60. The quantitative estimate of drug-likeness (QED) is 0.179. The molecule has 39 heavy (non-hydrogen) atoms. The Morgan fingerprint density at radius 2 is 1.79 bits per heavy atom. The maximum absolute atomic E-state index is 12.5. The number of hydrogen-bond donors (Lipinski definition) is 2. The summed E-state index contributed by atoms with van der Waals surface area (Å²) in [5.41, 5.74) is 8.73. The lowest BCUT2D eigenvalue weighted by atomic mass is 10.2. The molecule has 0 saturated heterocycles. The van der Waals surface area contributed by atoms with Gasteiger partial charge >= 0.3 is 0 Å². The van der Waals surface area contributed by atoms with Crippen molar-refractivity contribution < 1.29 is 23.5 Å². The van der Waals surface area contributed by atoms with Crippen LogP contribution in [0.4, 0.5) is 17.3 Å². The van der Waals surface area contributed by atoms with Crippen molar-refractivity contribution in [2.45, 2.75) is 6.61 Å². The molecule has 2 aromatic heterocycles. The zero-order valence-electron chi connectivity index (χ0n) is 20.9. The maximum Gasteiger partial charge on any atom is 0.255 e. The van der Waals surface area contributed by atoms with Crippen molar-refractivity contribution in [3.8, 4) is 11.5 Å². The highest BCUT2D eigenvalue weighted by atomic mass is 16.5. The van der Waals surface area contributed by atoms with Gasteiger partial charge in [0.15, 0.2) is 11.3 Å². The molecule has 5 rings (SSSR count). The highest BCUT2D eigenvalue weighted by Gasteiger charge is 2.15. The normalized spacial score (nSPS) is 10.7. The molecule has 0 unspecified atom stereocenters. The lowest BCUT2D eigenvalue weighted by molar-refractivity contribution is -0.107. The Morgan fingerprint density at radius 1 is 0.974 bits per heavy atom. The number of nitrogens with two attached hydrogens (primary N) is 1. The number of rotatable bonds is 11. The predicted molar refractivity (Wildman–Crippen MR) is 149 cm³/mol. The van der Waals surface area contributed by atoms with Gasteiger partial charge in [0.25, 0.3) is 5.91 Å². The van der Waals surface area contributed by atoms with Gasteiger partial charge in [0.2, 0.25) is 12.3 Å². The molecule has 3 aromatic carbocycles. The van der Waals surface area contributed by atoms with Crippen molar-refractivity contribution in [3.63, 3.8) is 0 Å². The topological polar surface area (TPSA) is 120 Å². The number of amides is 2. The fraction of sp³-hybridized carbons (Fsp3) is 0.100. The van der Waals surface area contributed by atoms with Gasteiger partial charge in [-0.15, -0.1) is 0 Å². The van der Waals surface area contributed by atoms with Gasteiger partial charge in [-0.3, -0.25) is 19.5 Å². The van der Waals surface area contributed by atoms with E-state index in [4.69, 9.17) is 19.6 Å². The third-order valence-corrected chi connectivity index (χ3v) is 5.93. The summed E-state index contributed by atoms with van der Waals surface area (Å²) >= 11 is 0. The van der Waals surface area contributed by atoms with E-state index in [1.807, 2.05) is 36.4 Å². The van der Waals surface area contributed by atoms with Gasteiger partial charge in [-0.1, -0.05) is 30.3 Å². The lowest BCUT2D eigenvalue weighted by Gasteiger charge is -2.15. The zero-order valence-corrected chi connectivity index (χ0v) is 20.9. The summed E-state index contributed by atoms with van der Waals surface area (Å²) < 4.78 is 17.7. The molecule has 9 nitrogen and oxygen atoms in total. The van der Waals surface area contributed by atoms with E-state index >= 15 is 0 Å². The summed E-state index contributed by atoms with van der Waals surface area (Å²) in [4.78, 5) is 30.0. The van der Waals surface area contributed by atoms with Crippen LogP contribution in [0.3, 0.4) is 0 Å². The molecule has 0 atom stereocenters. The van der Waals surface area contributed by atoms with Crippen LogP contribution in [0.5, 0.6) is 11.5 Å². The molecular formula is C30H26N4O5. The van der Waals surface area contributed by atoms with Crippen LogP contribution in [0.2, 0.25) is 0 Å². The molecule has 0 spiro atoms. The van der Waals surface area contributed by atoms with E-state index in [1.165, 1.54) is 4.90 Å². The fourth-order valence-corrected chi connectivity index (χ4v) is 3.90. The number of nitrogens with zero attached hydrogens (tertiary/aromatic N) is 2. The highest BCUT2D eigenvalue weighted by Crippen LogP contribution is 2.33. The van der Waals surface area contributed by atoms with Gasteiger partial charge < -0.3 is 24.9 Å². The van der Waals surface area contributed by atoms with E-state index in [9.17, 15) is 9.59 Å². The number of nitrogens with one attached hydrogen (secondary N) is 1. The minimum atomic E-state index is -0.278. The van der Waals surface area contributed by atoms with Gasteiger partial charge in [-0.25, -0.2) is 0 Å². The molecule has 0 aliphatic heterocycles. The van der Waals surface area contributed by atoms with Crippen LogP contribution in [0.25, 0.3) is 11.0 Å². The van der Waals surface area contributed by atoms with Crippen LogP contribution < -0.4 is 25.4 Å². The molecule has 9 heteroatoms. The van der Waals surface area contributed by atoms with Gasteiger partial charge in [-0.2, -0.15) is 0 Å². The minimum absolute atomic E-state index is 0.213. The van der Waals surface area contributed by atoms with Crippen molar-refractivity contribution in [3.05, 3.63) is 108 Å². The second-order valence-electron chi connectivity index (χ2n) is 8.58. The van der Waals surface area contributed by atoms with Gasteiger partial charge in [-0.05, 0) is 54.6 Å². The second kappa shape index (κ2) is 11.8. The Morgan fingerprint density at radius 3 is 2.56 bits per heavy atom. The summed E-state index contributed by atoms with van der Waals surface area (Å²) in [6, 6.07) is 26.7. The van der Waals surface area contributed by atoms with Crippen molar-refractivity contribution >= 4 is 40.5 Å². The monoisotopic (exact) mass is 522 g/mol. The van der Waals surface area contributed by atoms with E-state index in [1.54, 1.807) is 60.8 Å². The number of carbonyl (C=O) groups excluding carboxylic acids is 2. The molecule has 0 aliphatic rings. The maximum atomic E-state index is 12.5. The fourth-order valence-electron chi connectivity index (χ4n) is 3.90. The first-order valence-electron chi connectivity index (χ1n) is 12.3. The van der Waals surface area contributed by atoms with Gasteiger partial charge in [0.1, 0.15) is 19.0 Å². The van der Waals surface area contributed by atoms with Crippen molar-refractivity contribution in [2.75, 3.05) is 29.1 Å². The minimum Gasteiger partial charge on any atom is -0.492 e. The first-order valence-corrected chi connectivity index (χ1v) is 12.3. The smallest absolute Gasteiger partial charge is 0.255 e. The first kappa shape index (κ1) is 25.3. The average molecular weight is 523 g/mol. The summed E-state index contributed by atoms with van der Waals surface area (Å²) in [6.45, 7) is 0.760. The van der Waals surface area contributed by atoms with Crippen molar-refractivity contribution in [2.24, 2.45) is 0 Å². The zero-order chi connectivity index (χ0) is 27.0. The van der Waals surface area contributed by atoms with Crippen LogP contribution in [-0.2, 0) is 11.4 Å². The molecule has 196 valence electrons. The number of anilines is 3. The lowest BCUT2D eigenvalue weighted by Crippen LogP contribution is -2.26. The van der Waals surface area contributed by atoms with Crippen LogP contribution in [0.1, 0.15) is 16.1 Å². The third kappa shape index (κ3) is 6.16. The Labute approximate surface area is 224 Å². The average Bonchev–Trinajstić information content (AvgIpc) is 3.41. The van der Waals surface area contributed by atoms with Crippen LogP contribution >= 0.6 is 0 Å². The standard InChI is InChI=1S/C30H26N4O5/c31-25-8-1-2-9-26(25)33-30(36)21-11-13-24(14-12-21)37-17-16-34(20-35)28-18-22-6-5-10-27(29(22)39-28)38-19-23-7-3-4-15-32-23/h1-15,18,20H,16-17,19,31H2,(H,33,36). The Bertz CT molecular complexity index is 1570. The van der Waals surface area contributed by atoms with Crippen molar-refractivity contribution in [1.82, 2.24) is 4.98 Å². The molecule has 2 heterocycles. The summed E-state index contributed by atoms with van der Waals surface area (Å²) in [7, 11) is 0. The number of para-hydroxylation sites is 3. The number of nitrogen functional groups attached to an aromatic ring is 1. The number of aromatic nitrogens is 1. The molecule has 0 aliphatic carbocycles. The van der Waals surface area contributed by atoms with Gasteiger partial charge in [0.05, 0.1) is 23.6 Å². The number of carbonyl (C=O) groups is 2. The molecule has 3 N–H and O–H groups in total. The van der Waals surface area contributed by atoms with E-state index in [0.29, 0.717) is 52.9 Å². The van der Waals surface area contributed by atoms with Gasteiger partial charge in [0, 0.05) is 23.2 Å². The number of ether oxygens (including phenoxy) is 2. The number of benzene rings is 3. The molecule has 0 radical (unpaired) electrons. The van der Waals surface area contributed by atoms with E-state index < -0.39 is 0 Å². The number of fused-ring (bicyclic) bond motifs is 1. The SMILES string of the molecule is Nc1ccccc1NC(=O)c1ccc(OCCN(C=O)c2cc3cccc(OCc4ccccn4)c3o2)cc1. The Kier molecular flexibility index (Phi) is 7.68. The van der Waals surface area contributed by atoms with E-state index in [-0.39, 0.29) is 19.1 Å². The number of hydrogen-bond acceptors (Lipinski definition) is 7. The van der Waals surface area contributed by atoms with Crippen molar-refractivity contribution in [1.29, 1.82) is 0 Å².